The van der Waals surface area contributed by atoms with Gasteiger partial charge in [-0.2, -0.15) is 0 Å². The Morgan fingerprint density at radius 3 is 1.93 bits per heavy atom. The lowest BCUT2D eigenvalue weighted by Gasteiger charge is -2.45. The molecule has 0 bridgehead atoms. The second-order valence-electron chi connectivity index (χ2n) is 5.12. The van der Waals surface area contributed by atoms with Crippen molar-refractivity contribution in [2.24, 2.45) is 5.73 Å². The minimum Gasteiger partial charge on any atom is -0.454 e. The van der Waals surface area contributed by atoms with Crippen LogP contribution in [-0.2, 0) is 4.12 Å². The van der Waals surface area contributed by atoms with Crippen LogP contribution in [0.25, 0.3) is 0 Å². The lowest BCUT2D eigenvalue weighted by Crippen LogP contribution is -2.63. The van der Waals surface area contributed by atoms with Gasteiger partial charge < -0.3 is 14.7 Å². The Hall–Kier alpha value is 0.604. The Morgan fingerprint density at radius 1 is 1.14 bits per heavy atom. The van der Waals surface area contributed by atoms with E-state index in [1.54, 1.807) is 0 Å². The van der Waals surface area contributed by atoms with Crippen LogP contribution in [0.3, 0.4) is 0 Å². The minimum atomic E-state index is -1.39. The molecule has 0 unspecified atom stereocenters. The summed E-state index contributed by atoms with van der Waals surface area (Å²) < 4.78 is 6.23. The molecule has 2 N–H and O–H groups in total. The van der Waals surface area contributed by atoms with E-state index in [1.807, 2.05) is 0 Å². The molecule has 1 fully saturated rings. The first-order valence-electron chi connectivity index (χ1n) is 4.97. The van der Waals surface area contributed by atoms with Gasteiger partial charge >= 0.3 is 0 Å². The second-order valence-corrected chi connectivity index (χ2v) is 13.6. The minimum absolute atomic E-state index is 0. The number of nitrogens with zero attached hydrogens (tertiary/aromatic N) is 1. The molecule has 14 heavy (non-hydrogen) atoms. The first-order valence-corrected chi connectivity index (χ1v) is 11.2. The number of nitrogens with two attached hydrogens (primary N) is 1. The van der Waals surface area contributed by atoms with Gasteiger partial charge in [0.05, 0.1) is 0 Å². The van der Waals surface area contributed by atoms with Gasteiger partial charge in [-0.25, -0.2) is 0 Å². The van der Waals surface area contributed by atoms with Crippen molar-refractivity contribution in [1.29, 1.82) is 0 Å². The van der Waals surface area contributed by atoms with E-state index < -0.39 is 16.6 Å². The van der Waals surface area contributed by atoms with E-state index >= 15 is 0 Å². The van der Waals surface area contributed by atoms with Crippen LogP contribution in [0.1, 0.15) is 0 Å². The van der Waals surface area contributed by atoms with Crippen LogP contribution in [0.4, 0.5) is 0 Å². The molecule has 1 saturated heterocycles. The van der Waals surface area contributed by atoms with E-state index in [1.165, 1.54) is 0 Å². The fraction of sp³-hybridized carbons (Fsp3) is 1.00. The Balaban J connectivity index is 0.00000169. The average molecular weight is 255 g/mol. The molecule has 1 aliphatic rings. The normalized spacial score (nSPS) is 25.5. The zero-order valence-electron chi connectivity index (χ0n) is 9.67. The molecule has 0 radical (unpaired) electrons. The van der Waals surface area contributed by atoms with Gasteiger partial charge in [0.15, 0.2) is 16.6 Å². The van der Waals surface area contributed by atoms with Crippen LogP contribution in [-0.4, -0.2) is 47.0 Å². The third-order valence-electron chi connectivity index (χ3n) is 2.21. The molecule has 0 aliphatic carbocycles. The van der Waals surface area contributed by atoms with Crippen LogP contribution < -0.4 is 5.73 Å². The monoisotopic (exact) mass is 254 g/mol. The lowest BCUT2D eigenvalue weighted by molar-refractivity contribution is 0.305. The Kier molecular flexibility index (Phi) is 5.31. The highest BCUT2D eigenvalue weighted by Crippen LogP contribution is 2.21. The predicted octanol–water partition coefficient (Wildman–Crippen LogP) is 1.19. The first-order chi connectivity index (χ1) is 5.85. The molecule has 6 heteroatoms. The Labute approximate surface area is 95.7 Å². The number of halogens is 1. The Morgan fingerprint density at radius 2 is 1.57 bits per heavy atom. The smallest absolute Gasteiger partial charge is 0.187 e. The molecule has 0 aromatic rings. The number of hydrogen-bond acceptors (Lipinski definition) is 3. The zero-order valence-corrected chi connectivity index (χ0v) is 12.5. The summed E-state index contributed by atoms with van der Waals surface area (Å²) in [5.74, 6) is 0. The number of rotatable bonds is 2. The van der Waals surface area contributed by atoms with Crippen molar-refractivity contribution in [3.05, 3.63) is 0 Å². The molecule has 0 saturated carbocycles. The van der Waals surface area contributed by atoms with Crippen molar-refractivity contribution in [3.8, 4) is 0 Å². The van der Waals surface area contributed by atoms with Crippen molar-refractivity contribution in [1.82, 2.24) is 4.90 Å². The maximum absolute atomic E-state index is 6.23. The lowest BCUT2D eigenvalue weighted by atomic mass is 10.6. The number of hydrogen-bond donors (Lipinski definition) is 1. The van der Waals surface area contributed by atoms with Crippen LogP contribution in [0.15, 0.2) is 0 Å². The van der Waals surface area contributed by atoms with Crippen LogP contribution in [0.5, 0.6) is 0 Å². The molecular weight excluding hydrogens is 232 g/mol. The molecule has 1 heterocycles. The molecule has 0 spiro atoms. The molecule has 86 valence electrons. The van der Waals surface area contributed by atoms with Crippen molar-refractivity contribution in [2.75, 3.05) is 25.4 Å². The molecule has 0 aromatic carbocycles. The summed E-state index contributed by atoms with van der Waals surface area (Å²) in [6, 6.07) is 0. The topological polar surface area (TPSA) is 38.5 Å². The molecule has 0 amide bonds. The van der Waals surface area contributed by atoms with Crippen molar-refractivity contribution in [2.45, 2.75) is 26.2 Å². The highest BCUT2D eigenvalue weighted by molar-refractivity contribution is 6.86. The van der Waals surface area contributed by atoms with Crippen LogP contribution >= 0.6 is 12.4 Å². The van der Waals surface area contributed by atoms with Gasteiger partial charge in [0.1, 0.15) is 0 Å². The maximum Gasteiger partial charge on any atom is 0.187 e. The predicted molar refractivity (Wildman–Crippen MR) is 68.8 cm³/mol. The van der Waals surface area contributed by atoms with E-state index in [0.29, 0.717) is 0 Å². The van der Waals surface area contributed by atoms with E-state index in [4.69, 9.17) is 9.85 Å². The summed E-state index contributed by atoms with van der Waals surface area (Å²) in [7, 11) is -2.79. The van der Waals surface area contributed by atoms with Crippen LogP contribution in [0.2, 0.25) is 26.2 Å². The van der Waals surface area contributed by atoms with Gasteiger partial charge in [-0.1, -0.05) is 0 Å². The SMILES string of the molecule is C[Si]1(C)CN(CCN)C[Si](C)(C)O1.Cl. The fourth-order valence-electron chi connectivity index (χ4n) is 2.29. The maximum atomic E-state index is 6.23. The highest BCUT2D eigenvalue weighted by Gasteiger charge is 2.40. The van der Waals surface area contributed by atoms with Gasteiger partial charge in [0, 0.05) is 25.4 Å². The quantitative estimate of drug-likeness (QED) is 0.753. The van der Waals surface area contributed by atoms with Gasteiger partial charge in [-0.15, -0.1) is 12.4 Å². The molecule has 0 aromatic heterocycles. The molecule has 0 atom stereocenters. The third kappa shape index (κ3) is 4.42. The van der Waals surface area contributed by atoms with Crippen molar-refractivity contribution >= 4 is 29.0 Å². The molecular formula is C8H23ClN2OSi2. The van der Waals surface area contributed by atoms with Crippen molar-refractivity contribution in [3.63, 3.8) is 0 Å². The summed E-state index contributed by atoms with van der Waals surface area (Å²) in [5, 5.41) is 0. The van der Waals surface area contributed by atoms with Crippen LogP contribution in [0, 0.1) is 0 Å². The molecule has 1 aliphatic heterocycles. The third-order valence-corrected chi connectivity index (χ3v) is 9.04. The first kappa shape index (κ1) is 14.6. The van der Waals surface area contributed by atoms with E-state index in [0.717, 1.165) is 25.4 Å². The highest BCUT2D eigenvalue weighted by atomic mass is 35.5. The average Bonchev–Trinajstić information content (AvgIpc) is 1.78. The fourth-order valence-corrected chi connectivity index (χ4v) is 11.7. The summed E-state index contributed by atoms with van der Waals surface area (Å²) in [6.07, 6.45) is 2.31. The van der Waals surface area contributed by atoms with Crippen molar-refractivity contribution < 1.29 is 4.12 Å². The van der Waals surface area contributed by atoms with Gasteiger partial charge in [0.25, 0.3) is 0 Å². The second kappa shape index (κ2) is 5.09. The largest absolute Gasteiger partial charge is 0.454 e. The standard InChI is InChI=1S/C8H22N2OSi2.ClH/c1-12(2)7-10(6-5-9)8-13(3,4)11-12;/h5-9H2,1-4H3;1H. The summed E-state index contributed by atoms with van der Waals surface area (Å²) >= 11 is 0. The molecule has 1 rings (SSSR count). The van der Waals surface area contributed by atoms with E-state index in [-0.39, 0.29) is 12.4 Å². The van der Waals surface area contributed by atoms with Gasteiger partial charge in [-0.3, -0.25) is 0 Å². The zero-order chi connectivity index (χ0) is 10.1. The molecule has 3 nitrogen and oxygen atoms in total. The summed E-state index contributed by atoms with van der Waals surface area (Å²) in [6.45, 7) is 11.1. The Bertz CT molecular complexity index is 174. The van der Waals surface area contributed by atoms with Gasteiger partial charge in [0.2, 0.25) is 0 Å². The van der Waals surface area contributed by atoms with E-state index in [9.17, 15) is 0 Å². The van der Waals surface area contributed by atoms with E-state index in [2.05, 4.69) is 31.1 Å². The van der Waals surface area contributed by atoms with Gasteiger partial charge in [-0.05, 0) is 26.2 Å². The summed E-state index contributed by atoms with van der Waals surface area (Å²) in [4.78, 5) is 2.50. The summed E-state index contributed by atoms with van der Waals surface area (Å²) in [5.41, 5.74) is 5.58.